The predicted molar refractivity (Wildman–Crippen MR) is 131 cm³/mol. The van der Waals surface area contributed by atoms with Gasteiger partial charge >= 0.3 is 0 Å². The second kappa shape index (κ2) is 10.1. The molecule has 9 heteroatoms. The van der Waals surface area contributed by atoms with Gasteiger partial charge in [0, 0.05) is 37.4 Å². The maximum Gasteiger partial charge on any atom is 0.256 e. The minimum absolute atomic E-state index is 0.0571. The Hall–Kier alpha value is -2.62. The van der Waals surface area contributed by atoms with Gasteiger partial charge in [-0.05, 0) is 57.4 Å². The largest absolute Gasteiger partial charge is 0.379 e. The third-order valence-corrected chi connectivity index (χ3v) is 7.35. The number of fused-ring (bicyclic) bond motifs is 1. The summed E-state index contributed by atoms with van der Waals surface area (Å²) in [6.07, 6.45) is 2.28. The Morgan fingerprint density at radius 1 is 1.15 bits per heavy atom. The molecule has 1 amide bonds. The number of amides is 1. The Bertz CT molecular complexity index is 1170. The van der Waals surface area contributed by atoms with Crippen LogP contribution in [0.2, 0.25) is 0 Å². The van der Waals surface area contributed by atoms with E-state index in [-0.39, 0.29) is 18.0 Å². The molecule has 1 fully saturated rings. The second-order valence-corrected chi connectivity index (χ2v) is 9.65. The number of ether oxygens (including phenoxy) is 1. The fraction of sp³-hybridized carbons (Fsp3) is 0.500. The first kappa shape index (κ1) is 23.5. The van der Waals surface area contributed by atoms with Crippen LogP contribution in [0.3, 0.4) is 0 Å². The Morgan fingerprint density at radius 2 is 1.88 bits per heavy atom. The molecular formula is C24H31N5O3S. The van der Waals surface area contributed by atoms with Crippen molar-refractivity contribution in [1.82, 2.24) is 19.4 Å². The van der Waals surface area contributed by atoms with E-state index < -0.39 is 0 Å². The molecular weight excluding hydrogens is 438 g/mol. The normalized spacial score (nSPS) is 14.7. The van der Waals surface area contributed by atoms with Crippen LogP contribution in [0.15, 0.2) is 23.3 Å². The predicted octanol–water partition coefficient (Wildman–Crippen LogP) is 2.84. The Labute approximate surface area is 197 Å². The maximum atomic E-state index is 13.4. The number of rotatable bonds is 7. The molecule has 0 saturated carbocycles. The number of carbonyl (C=O) groups is 1. The maximum absolute atomic E-state index is 13.4. The summed E-state index contributed by atoms with van der Waals surface area (Å²) >= 11 is 1.52. The number of benzene rings is 1. The molecule has 0 aliphatic carbocycles. The van der Waals surface area contributed by atoms with Gasteiger partial charge in [-0.1, -0.05) is 11.3 Å². The van der Waals surface area contributed by atoms with Crippen LogP contribution in [0.4, 0.5) is 5.13 Å². The monoisotopic (exact) mass is 469 g/mol. The highest BCUT2D eigenvalue weighted by atomic mass is 32.1. The third-order valence-electron chi connectivity index (χ3n) is 6.31. The molecule has 0 unspecified atom stereocenters. The van der Waals surface area contributed by atoms with Crippen molar-refractivity contribution in [2.45, 2.75) is 40.7 Å². The van der Waals surface area contributed by atoms with Gasteiger partial charge in [-0.15, -0.1) is 0 Å². The van der Waals surface area contributed by atoms with E-state index in [0.29, 0.717) is 22.9 Å². The minimum Gasteiger partial charge on any atom is -0.379 e. The zero-order valence-electron chi connectivity index (χ0n) is 19.8. The summed E-state index contributed by atoms with van der Waals surface area (Å²) in [5.41, 5.74) is 4.35. The van der Waals surface area contributed by atoms with Crippen molar-refractivity contribution in [3.05, 3.63) is 51.2 Å². The number of anilines is 1. The summed E-state index contributed by atoms with van der Waals surface area (Å²) in [7, 11) is 0. The van der Waals surface area contributed by atoms with Crippen molar-refractivity contribution in [3.63, 3.8) is 0 Å². The molecule has 4 rings (SSSR count). The van der Waals surface area contributed by atoms with E-state index >= 15 is 0 Å². The lowest BCUT2D eigenvalue weighted by Crippen LogP contribution is -2.41. The van der Waals surface area contributed by atoms with E-state index in [1.807, 2.05) is 0 Å². The summed E-state index contributed by atoms with van der Waals surface area (Å²) < 4.78 is 7.88. The van der Waals surface area contributed by atoms with Gasteiger partial charge in [-0.25, -0.2) is 9.97 Å². The molecule has 1 aliphatic rings. The summed E-state index contributed by atoms with van der Waals surface area (Å²) in [4.78, 5) is 39.2. The molecule has 0 radical (unpaired) electrons. The van der Waals surface area contributed by atoms with Crippen LogP contribution in [0.25, 0.3) is 10.2 Å². The van der Waals surface area contributed by atoms with Gasteiger partial charge in [0.05, 0.1) is 29.8 Å². The molecule has 0 atom stereocenters. The van der Waals surface area contributed by atoms with Crippen LogP contribution in [0.1, 0.15) is 28.8 Å². The fourth-order valence-electron chi connectivity index (χ4n) is 3.91. The number of carbonyl (C=O) groups excluding carboxylic acids is 1. The number of nitrogens with zero attached hydrogens (tertiary/aromatic N) is 5. The summed E-state index contributed by atoms with van der Waals surface area (Å²) in [6, 6.07) is 4.19. The molecule has 0 N–H and O–H groups in total. The fourth-order valence-corrected chi connectivity index (χ4v) is 5.00. The topological polar surface area (TPSA) is 80.6 Å². The summed E-state index contributed by atoms with van der Waals surface area (Å²) in [6.45, 7) is 12.4. The first-order valence-corrected chi connectivity index (χ1v) is 12.2. The zero-order chi connectivity index (χ0) is 23.5. The highest BCUT2D eigenvalue weighted by Gasteiger charge is 2.22. The van der Waals surface area contributed by atoms with Gasteiger partial charge in [0.2, 0.25) is 5.91 Å². The van der Waals surface area contributed by atoms with E-state index in [1.54, 1.807) is 18.7 Å². The quantitative estimate of drug-likeness (QED) is 0.529. The SMILES string of the molecule is Cc1cc2nc(N(CCCN3CCOCC3)C(=O)Cn3cnc(C)c(C)c3=O)sc2cc1C. The number of aromatic nitrogens is 3. The van der Waals surface area contributed by atoms with Gasteiger partial charge in [0.15, 0.2) is 5.13 Å². The first-order valence-electron chi connectivity index (χ1n) is 11.3. The van der Waals surface area contributed by atoms with E-state index in [4.69, 9.17) is 9.72 Å². The molecule has 33 heavy (non-hydrogen) atoms. The van der Waals surface area contributed by atoms with Crippen molar-refractivity contribution >= 4 is 32.6 Å². The summed E-state index contributed by atoms with van der Waals surface area (Å²) in [5, 5.41) is 0.673. The first-order chi connectivity index (χ1) is 15.8. The zero-order valence-corrected chi connectivity index (χ0v) is 20.6. The second-order valence-electron chi connectivity index (χ2n) is 8.64. The van der Waals surface area contributed by atoms with E-state index in [0.717, 1.165) is 49.5 Å². The molecule has 3 heterocycles. The minimum atomic E-state index is -0.181. The lowest BCUT2D eigenvalue weighted by atomic mass is 10.1. The lowest BCUT2D eigenvalue weighted by Gasteiger charge is -2.27. The molecule has 0 spiro atoms. The third kappa shape index (κ3) is 5.31. The van der Waals surface area contributed by atoms with Gasteiger partial charge in [0.1, 0.15) is 6.54 Å². The highest BCUT2D eigenvalue weighted by molar-refractivity contribution is 7.22. The van der Waals surface area contributed by atoms with E-state index in [9.17, 15) is 9.59 Å². The Balaban J connectivity index is 1.58. The molecule has 0 bridgehead atoms. The van der Waals surface area contributed by atoms with Crippen molar-refractivity contribution < 1.29 is 9.53 Å². The van der Waals surface area contributed by atoms with Gasteiger partial charge < -0.3 is 4.74 Å². The molecule has 2 aromatic heterocycles. The van der Waals surface area contributed by atoms with Crippen LogP contribution in [0.5, 0.6) is 0 Å². The molecule has 3 aromatic rings. The van der Waals surface area contributed by atoms with E-state index in [1.165, 1.54) is 33.4 Å². The molecule has 1 saturated heterocycles. The Morgan fingerprint density at radius 3 is 2.64 bits per heavy atom. The summed E-state index contributed by atoms with van der Waals surface area (Å²) in [5.74, 6) is -0.156. The van der Waals surface area contributed by atoms with Gasteiger partial charge in [0.25, 0.3) is 5.56 Å². The lowest BCUT2D eigenvalue weighted by molar-refractivity contribution is -0.119. The van der Waals surface area contributed by atoms with Crippen molar-refractivity contribution in [2.24, 2.45) is 0 Å². The van der Waals surface area contributed by atoms with Gasteiger partial charge in [-0.3, -0.25) is 24.0 Å². The smallest absolute Gasteiger partial charge is 0.256 e. The average Bonchev–Trinajstić information content (AvgIpc) is 3.20. The van der Waals surface area contributed by atoms with Crippen molar-refractivity contribution in [1.29, 1.82) is 0 Å². The highest BCUT2D eigenvalue weighted by Crippen LogP contribution is 2.31. The Kier molecular flexibility index (Phi) is 7.21. The number of thiazole rings is 1. The number of hydrogen-bond acceptors (Lipinski definition) is 7. The average molecular weight is 470 g/mol. The van der Waals surface area contributed by atoms with Crippen LogP contribution >= 0.6 is 11.3 Å². The molecule has 1 aromatic carbocycles. The molecule has 8 nitrogen and oxygen atoms in total. The van der Waals surface area contributed by atoms with Gasteiger partial charge in [-0.2, -0.15) is 0 Å². The number of morpholine rings is 1. The number of hydrogen-bond donors (Lipinski definition) is 0. The molecule has 1 aliphatic heterocycles. The van der Waals surface area contributed by atoms with Crippen LogP contribution in [0, 0.1) is 27.7 Å². The van der Waals surface area contributed by atoms with Crippen LogP contribution in [-0.4, -0.2) is 64.7 Å². The van der Waals surface area contributed by atoms with Crippen molar-refractivity contribution in [2.75, 3.05) is 44.3 Å². The van der Waals surface area contributed by atoms with E-state index in [2.05, 4.69) is 35.9 Å². The van der Waals surface area contributed by atoms with Crippen LogP contribution in [-0.2, 0) is 16.1 Å². The molecule has 176 valence electrons. The standard InChI is InChI=1S/C24H31N5O3S/c1-16-12-20-21(13-17(16)2)33-24(26-20)29(7-5-6-27-8-10-32-11-9-27)22(30)14-28-15-25-19(4)18(3)23(28)31/h12-13,15H,5-11,14H2,1-4H3. The van der Waals surface area contributed by atoms with Crippen molar-refractivity contribution in [3.8, 4) is 0 Å². The van der Waals surface area contributed by atoms with Crippen LogP contribution < -0.4 is 10.5 Å². The number of aryl methyl sites for hydroxylation is 3.